The Labute approximate surface area is 193 Å². The smallest absolute Gasteiger partial charge is 0.319 e. The Balaban J connectivity index is 1.48. The van der Waals surface area contributed by atoms with Crippen LogP contribution >= 0.6 is 27.5 Å². The Hall–Kier alpha value is -1.42. The zero-order valence-corrected chi connectivity index (χ0v) is 19.5. The molecule has 1 N–H and O–H groups in total. The van der Waals surface area contributed by atoms with E-state index in [0.717, 1.165) is 38.8 Å². The van der Waals surface area contributed by atoms with Gasteiger partial charge in [0.1, 0.15) is 29.6 Å². The van der Waals surface area contributed by atoms with Gasteiger partial charge in [0.05, 0.1) is 15.9 Å². The quantitative estimate of drug-likeness (QED) is 0.633. The topological polar surface area (TPSA) is 62.8 Å². The molecular formula is C21H24BrClFN5O2. The van der Waals surface area contributed by atoms with E-state index < -0.39 is 5.82 Å². The summed E-state index contributed by atoms with van der Waals surface area (Å²) in [4.78, 5) is 13.8. The summed E-state index contributed by atoms with van der Waals surface area (Å²) in [6.45, 7) is 2.79. The van der Waals surface area contributed by atoms with Crippen LogP contribution in [0.4, 0.5) is 10.2 Å². The molecule has 3 fully saturated rings. The number of piperazine rings is 1. The van der Waals surface area contributed by atoms with Crippen LogP contribution in [-0.2, 0) is 0 Å². The van der Waals surface area contributed by atoms with E-state index in [1.165, 1.54) is 0 Å². The molecule has 2 aromatic rings. The molecule has 0 unspecified atom stereocenters. The number of fused-ring (bicyclic) bond motifs is 5. The average molecular weight is 513 g/mol. The second kappa shape index (κ2) is 7.57. The SMILES string of the molecule is CN1CCC[C@@H]1COc1nc2c3c(c(Cl)c(Br)c(F)c3n1)OC[C@@H]1[C@@H]3CC[C@H](CN21)N3. The molecule has 0 spiro atoms. The van der Waals surface area contributed by atoms with Crippen molar-refractivity contribution >= 4 is 44.3 Å². The first-order chi connectivity index (χ1) is 15.0. The second-order valence-corrected chi connectivity index (χ2v) is 10.2. The molecule has 0 amide bonds. The first kappa shape index (κ1) is 20.2. The Morgan fingerprint density at radius 1 is 1.32 bits per heavy atom. The Morgan fingerprint density at radius 3 is 3.00 bits per heavy atom. The number of halogens is 3. The average Bonchev–Trinajstić information content (AvgIpc) is 3.32. The number of hydrogen-bond donors (Lipinski definition) is 1. The van der Waals surface area contributed by atoms with Crippen molar-refractivity contribution in [3.8, 4) is 11.8 Å². The van der Waals surface area contributed by atoms with Crippen molar-refractivity contribution in [2.24, 2.45) is 0 Å². The molecule has 0 radical (unpaired) electrons. The highest BCUT2D eigenvalue weighted by molar-refractivity contribution is 9.10. The summed E-state index contributed by atoms with van der Waals surface area (Å²) in [6, 6.07) is 1.31. The van der Waals surface area contributed by atoms with Gasteiger partial charge in [0.15, 0.2) is 11.6 Å². The first-order valence-corrected chi connectivity index (χ1v) is 12.0. The number of nitrogens with zero attached hydrogens (tertiary/aromatic N) is 4. The second-order valence-electron chi connectivity index (χ2n) is 8.99. The minimum Gasteiger partial charge on any atom is -0.489 e. The maximum Gasteiger partial charge on any atom is 0.319 e. The molecule has 6 rings (SSSR count). The Morgan fingerprint density at radius 2 is 2.19 bits per heavy atom. The predicted octanol–water partition coefficient (Wildman–Crippen LogP) is 3.36. The van der Waals surface area contributed by atoms with Crippen molar-refractivity contribution in [3.63, 3.8) is 0 Å². The van der Waals surface area contributed by atoms with Crippen LogP contribution in [0.1, 0.15) is 25.7 Å². The van der Waals surface area contributed by atoms with Crippen LogP contribution in [0.2, 0.25) is 5.02 Å². The van der Waals surface area contributed by atoms with Gasteiger partial charge in [0, 0.05) is 24.7 Å². The predicted molar refractivity (Wildman–Crippen MR) is 120 cm³/mol. The van der Waals surface area contributed by atoms with Crippen LogP contribution in [0, 0.1) is 5.82 Å². The maximum atomic E-state index is 15.3. The fraction of sp³-hybridized carbons (Fsp3) is 0.619. The largest absolute Gasteiger partial charge is 0.489 e. The number of hydrogen-bond acceptors (Lipinski definition) is 7. The summed E-state index contributed by atoms with van der Waals surface area (Å²) in [5.74, 6) is 0.576. The molecule has 1 aromatic heterocycles. The van der Waals surface area contributed by atoms with Crippen molar-refractivity contribution in [2.75, 3.05) is 38.3 Å². The van der Waals surface area contributed by atoms with Gasteiger partial charge in [-0.2, -0.15) is 9.97 Å². The summed E-state index contributed by atoms with van der Waals surface area (Å²) in [5.41, 5.74) is 0.178. The number of benzene rings is 1. The normalized spacial score (nSPS) is 29.7. The van der Waals surface area contributed by atoms with E-state index in [4.69, 9.17) is 26.1 Å². The van der Waals surface area contributed by atoms with E-state index in [1.807, 2.05) is 0 Å². The molecule has 5 heterocycles. The molecular weight excluding hydrogens is 489 g/mol. The van der Waals surface area contributed by atoms with E-state index >= 15 is 4.39 Å². The standard InChI is InChI=1S/C21H24BrClFN5O2/c1-28-6-2-3-11(28)8-31-21-26-18-14-19(16(23)15(22)17(18)24)30-9-13-12-5-4-10(25-12)7-29(13)20(14)27-21/h10-13,25H,2-9H2,1H3/t10-,11-,12+,13-/m1/s1. The van der Waals surface area contributed by atoms with Gasteiger partial charge in [-0.3, -0.25) is 0 Å². The maximum absolute atomic E-state index is 15.3. The van der Waals surface area contributed by atoms with Gasteiger partial charge < -0.3 is 24.6 Å². The minimum absolute atomic E-state index is 0.0935. The zero-order chi connectivity index (χ0) is 21.3. The van der Waals surface area contributed by atoms with Crippen LogP contribution < -0.4 is 19.7 Å². The van der Waals surface area contributed by atoms with E-state index in [-0.39, 0.29) is 27.1 Å². The molecule has 4 atom stereocenters. The highest BCUT2D eigenvalue weighted by atomic mass is 79.9. The Kier molecular flexibility index (Phi) is 4.94. The van der Waals surface area contributed by atoms with Crippen molar-refractivity contribution in [1.82, 2.24) is 20.2 Å². The summed E-state index contributed by atoms with van der Waals surface area (Å²) < 4.78 is 27.7. The fourth-order valence-electron chi connectivity index (χ4n) is 5.48. The fourth-order valence-corrected chi connectivity index (χ4v) is 6.08. The number of aromatic nitrogens is 2. The first-order valence-electron chi connectivity index (χ1n) is 10.9. The number of likely N-dealkylation sites (N-methyl/N-ethyl adjacent to an activating group) is 1. The number of likely N-dealkylation sites (tertiary alicyclic amines) is 1. The van der Waals surface area contributed by atoms with E-state index in [9.17, 15) is 0 Å². The molecule has 1 aromatic carbocycles. The van der Waals surface area contributed by atoms with Gasteiger partial charge in [-0.05, 0) is 55.2 Å². The molecule has 31 heavy (non-hydrogen) atoms. The lowest BCUT2D eigenvalue weighted by Crippen LogP contribution is -2.60. The molecule has 0 aliphatic carbocycles. The lowest BCUT2D eigenvalue weighted by molar-refractivity contribution is 0.188. The summed E-state index contributed by atoms with van der Waals surface area (Å²) >= 11 is 9.78. The molecule has 7 nitrogen and oxygen atoms in total. The highest BCUT2D eigenvalue weighted by Gasteiger charge is 2.44. The lowest BCUT2D eigenvalue weighted by atomic mass is 10.1. The Bertz CT molecular complexity index is 1060. The van der Waals surface area contributed by atoms with Crippen LogP contribution in [0.5, 0.6) is 11.8 Å². The number of rotatable bonds is 3. The van der Waals surface area contributed by atoms with Crippen molar-refractivity contribution in [1.29, 1.82) is 0 Å². The van der Waals surface area contributed by atoms with E-state index in [0.29, 0.717) is 48.3 Å². The third-order valence-corrected chi connectivity index (χ3v) is 8.53. The van der Waals surface area contributed by atoms with Crippen molar-refractivity contribution in [3.05, 3.63) is 15.3 Å². The monoisotopic (exact) mass is 511 g/mol. The van der Waals surface area contributed by atoms with Gasteiger partial charge in [0.25, 0.3) is 0 Å². The van der Waals surface area contributed by atoms with E-state index in [1.54, 1.807) is 0 Å². The van der Waals surface area contributed by atoms with Gasteiger partial charge >= 0.3 is 6.01 Å². The van der Waals surface area contributed by atoms with Crippen LogP contribution in [0.3, 0.4) is 0 Å². The van der Waals surface area contributed by atoms with E-state index in [2.05, 4.69) is 43.1 Å². The van der Waals surface area contributed by atoms with Gasteiger partial charge in [-0.25, -0.2) is 4.39 Å². The summed E-state index contributed by atoms with van der Waals surface area (Å²) in [5, 5.41) is 4.42. The van der Waals surface area contributed by atoms with Gasteiger partial charge in [0.2, 0.25) is 0 Å². The third-order valence-electron chi connectivity index (χ3n) is 7.19. The minimum atomic E-state index is -0.518. The van der Waals surface area contributed by atoms with Crippen molar-refractivity contribution in [2.45, 2.75) is 49.9 Å². The van der Waals surface area contributed by atoms with Crippen LogP contribution in [-0.4, -0.2) is 72.4 Å². The van der Waals surface area contributed by atoms with Crippen LogP contribution in [0.25, 0.3) is 10.9 Å². The molecule has 4 aliphatic heterocycles. The van der Waals surface area contributed by atoms with Gasteiger partial charge in [-0.1, -0.05) is 11.6 Å². The third kappa shape index (κ3) is 3.19. The number of ether oxygens (including phenoxy) is 2. The molecule has 3 saturated heterocycles. The number of anilines is 1. The molecule has 0 saturated carbocycles. The van der Waals surface area contributed by atoms with Gasteiger partial charge in [-0.15, -0.1) is 0 Å². The van der Waals surface area contributed by atoms with Crippen LogP contribution in [0.15, 0.2) is 4.47 Å². The molecule has 4 aliphatic rings. The highest BCUT2D eigenvalue weighted by Crippen LogP contribution is 2.48. The molecule has 166 valence electrons. The zero-order valence-electron chi connectivity index (χ0n) is 17.2. The van der Waals surface area contributed by atoms with Crippen molar-refractivity contribution < 1.29 is 13.9 Å². The molecule has 2 bridgehead atoms. The number of nitrogens with one attached hydrogen (secondary N) is 1. The lowest BCUT2D eigenvalue weighted by Gasteiger charge is -2.40. The molecule has 10 heteroatoms. The summed E-state index contributed by atoms with van der Waals surface area (Å²) in [7, 11) is 2.10. The summed E-state index contributed by atoms with van der Waals surface area (Å²) in [6.07, 6.45) is 4.43.